The first kappa shape index (κ1) is 19.3. The fourth-order valence-corrected chi connectivity index (χ4v) is 3.22. The molecule has 0 aliphatic carbocycles. The molecule has 1 aliphatic rings. The minimum Gasteiger partial charge on any atom is -0.369 e. The Kier molecular flexibility index (Phi) is 6.42. The molecule has 2 amide bonds. The number of nitrogens with one attached hydrogen (secondary N) is 1. The molecule has 2 aromatic rings. The van der Waals surface area contributed by atoms with Gasteiger partial charge in [-0.05, 0) is 11.1 Å². The molecule has 0 bridgehead atoms. The lowest BCUT2D eigenvalue weighted by atomic mass is 10.1. The average Bonchev–Trinajstić information content (AvgIpc) is 2.69. The maximum absolute atomic E-state index is 12.9. The van der Waals surface area contributed by atoms with Crippen LogP contribution in [0.3, 0.4) is 0 Å². The predicted molar refractivity (Wildman–Crippen MR) is 99.7 cm³/mol. The molecule has 0 aromatic heterocycles. The molecule has 1 fully saturated rings. The highest BCUT2D eigenvalue weighted by atomic mass is 35.5. The van der Waals surface area contributed by atoms with Crippen LogP contribution in [-0.4, -0.2) is 36.0 Å². The third-order valence-electron chi connectivity index (χ3n) is 4.45. The van der Waals surface area contributed by atoms with Crippen molar-refractivity contribution in [2.75, 3.05) is 13.2 Å². The second-order valence-electron chi connectivity index (χ2n) is 6.28. The number of hydrogen-bond donors (Lipinski definition) is 1. The van der Waals surface area contributed by atoms with Gasteiger partial charge in [-0.3, -0.25) is 9.59 Å². The quantitative estimate of drug-likeness (QED) is 0.825. The van der Waals surface area contributed by atoms with E-state index >= 15 is 0 Å². The van der Waals surface area contributed by atoms with E-state index in [1.54, 1.807) is 18.2 Å². The summed E-state index contributed by atoms with van der Waals surface area (Å²) in [7, 11) is 0. The Hall–Kier alpha value is -2.44. The van der Waals surface area contributed by atoms with E-state index in [0.29, 0.717) is 22.7 Å². The third-order valence-corrected chi connectivity index (χ3v) is 4.94. The molecule has 2 aromatic carbocycles. The van der Waals surface area contributed by atoms with E-state index < -0.39 is 12.7 Å². The number of carbonyl (C=O) groups excluding carboxylic acids is 2. The third kappa shape index (κ3) is 4.64. The Morgan fingerprint density at radius 1 is 1.19 bits per heavy atom. The summed E-state index contributed by atoms with van der Waals surface area (Å²) < 4.78 is 18.2. The van der Waals surface area contributed by atoms with E-state index in [2.05, 4.69) is 5.32 Å². The summed E-state index contributed by atoms with van der Waals surface area (Å²) in [5.41, 5.74) is 1.94. The van der Waals surface area contributed by atoms with Crippen LogP contribution in [0.5, 0.6) is 0 Å². The van der Waals surface area contributed by atoms with Crippen molar-refractivity contribution in [3.63, 3.8) is 0 Å². The van der Waals surface area contributed by atoms with Crippen molar-refractivity contribution in [2.45, 2.75) is 25.8 Å². The summed E-state index contributed by atoms with van der Waals surface area (Å²) in [5, 5.41) is 3.08. The molecule has 1 atom stereocenters. The van der Waals surface area contributed by atoms with Gasteiger partial charge in [0.2, 0.25) is 11.8 Å². The molecule has 7 heteroatoms. The van der Waals surface area contributed by atoms with Crippen molar-refractivity contribution < 1.29 is 18.7 Å². The highest BCUT2D eigenvalue weighted by molar-refractivity contribution is 6.32. The molecule has 0 saturated carbocycles. The van der Waals surface area contributed by atoms with Crippen LogP contribution in [-0.2, 0) is 34.1 Å². The van der Waals surface area contributed by atoms with Gasteiger partial charge < -0.3 is 15.0 Å². The van der Waals surface area contributed by atoms with Crippen LogP contribution in [0, 0.1) is 0 Å². The lowest BCUT2D eigenvalue weighted by Crippen LogP contribution is -2.55. The first-order valence-corrected chi connectivity index (χ1v) is 8.99. The fraction of sp³-hybridized carbons (Fsp3) is 0.300. The van der Waals surface area contributed by atoms with Crippen molar-refractivity contribution in [3.05, 3.63) is 70.2 Å². The minimum absolute atomic E-state index is 0.0407. The van der Waals surface area contributed by atoms with Gasteiger partial charge in [-0.1, -0.05) is 60.1 Å². The van der Waals surface area contributed by atoms with Gasteiger partial charge in [-0.25, -0.2) is 4.39 Å². The lowest BCUT2D eigenvalue weighted by molar-refractivity contribution is -0.155. The molecule has 142 valence electrons. The smallest absolute Gasteiger partial charge is 0.249 e. The van der Waals surface area contributed by atoms with Crippen molar-refractivity contribution in [1.82, 2.24) is 10.2 Å². The lowest BCUT2D eigenvalue weighted by Gasteiger charge is -2.34. The number of rotatable bonds is 6. The van der Waals surface area contributed by atoms with Crippen LogP contribution in [0.15, 0.2) is 48.5 Å². The van der Waals surface area contributed by atoms with Crippen LogP contribution in [0.4, 0.5) is 4.39 Å². The highest BCUT2D eigenvalue weighted by Crippen LogP contribution is 2.22. The van der Waals surface area contributed by atoms with E-state index in [1.807, 2.05) is 30.3 Å². The molecule has 0 radical (unpaired) electrons. The Morgan fingerprint density at radius 3 is 2.67 bits per heavy atom. The average molecular weight is 391 g/mol. The van der Waals surface area contributed by atoms with Gasteiger partial charge >= 0.3 is 0 Å². The van der Waals surface area contributed by atoms with Gasteiger partial charge in [-0.2, -0.15) is 0 Å². The van der Waals surface area contributed by atoms with Crippen molar-refractivity contribution in [3.8, 4) is 0 Å². The van der Waals surface area contributed by atoms with Gasteiger partial charge in [0.05, 0.1) is 11.6 Å². The summed E-state index contributed by atoms with van der Waals surface area (Å²) in [6.45, 7) is -0.103. The van der Waals surface area contributed by atoms with Crippen molar-refractivity contribution in [1.29, 1.82) is 0 Å². The number of nitrogens with zero attached hydrogens (tertiary/aromatic N) is 1. The Balaban J connectivity index is 1.69. The minimum atomic E-state index is -0.727. The van der Waals surface area contributed by atoms with Crippen LogP contribution < -0.4 is 5.32 Å². The topological polar surface area (TPSA) is 58.6 Å². The van der Waals surface area contributed by atoms with Crippen LogP contribution in [0.25, 0.3) is 0 Å². The summed E-state index contributed by atoms with van der Waals surface area (Å²) >= 11 is 6.16. The first-order chi connectivity index (χ1) is 13.1. The number of amides is 2. The zero-order valence-electron chi connectivity index (χ0n) is 14.7. The zero-order valence-corrected chi connectivity index (χ0v) is 15.4. The maximum atomic E-state index is 12.9. The number of benzene rings is 2. The molecule has 1 N–H and O–H groups in total. The molecule has 3 rings (SSSR count). The second-order valence-corrected chi connectivity index (χ2v) is 6.66. The highest BCUT2D eigenvalue weighted by Gasteiger charge is 2.33. The normalized spacial score (nSPS) is 17.0. The fourth-order valence-electron chi connectivity index (χ4n) is 2.97. The van der Waals surface area contributed by atoms with Gasteiger partial charge in [0, 0.05) is 18.7 Å². The van der Waals surface area contributed by atoms with E-state index in [4.69, 9.17) is 16.3 Å². The SMILES string of the molecule is O=C(NCc1cccc(CF)c1Cl)C1COCC(=O)N1Cc1ccccc1. The number of alkyl halides is 1. The summed E-state index contributed by atoms with van der Waals surface area (Å²) in [6.07, 6.45) is 0. The molecule has 27 heavy (non-hydrogen) atoms. The molecular weight excluding hydrogens is 371 g/mol. The van der Waals surface area contributed by atoms with Crippen LogP contribution >= 0.6 is 11.6 Å². The monoisotopic (exact) mass is 390 g/mol. The largest absolute Gasteiger partial charge is 0.369 e. The molecule has 1 heterocycles. The van der Waals surface area contributed by atoms with E-state index in [0.717, 1.165) is 5.56 Å². The predicted octanol–water partition coefficient (Wildman–Crippen LogP) is 2.85. The summed E-state index contributed by atoms with van der Waals surface area (Å²) in [6, 6.07) is 13.8. The van der Waals surface area contributed by atoms with Gasteiger partial charge in [0.15, 0.2) is 0 Å². The van der Waals surface area contributed by atoms with Gasteiger partial charge in [0.1, 0.15) is 19.3 Å². The van der Waals surface area contributed by atoms with E-state index in [9.17, 15) is 14.0 Å². The molecular formula is C20H20ClFN2O3. The standard InChI is InChI=1S/C20H20ClFN2O3/c21-19-15(9-22)7-4-8-16(19)10-23-20(26)17-12-27-13-18(25)24(17)11-14-5-2-1-3-6-14/h1-8,17H,9-13H2,(H,23,26). The van der Waals surface area contributed by atoms with E-state index in [1.165, 1.54) is 4.90 Å². The van der Waals surface area contributed by atoms with Gasteiger partial charge in [-0.15, -0.1) is 0 Å². The number of carbonyl (C=O) groups is 2. The zero-order chi connectivity index (χ0) is 19.2. The van der Waals surface area contributed by atoms with Crippen molar-refractivity contribution >= 4 is 23.4 Å². The van der Waals surface area contributed by atoms with Crippen LogP contribution in [0.2, 0.25) is 5.02 Å². The van der Waals surface area contributed by atoms with E-state index in [-0.39, 0.29) is 31.6 Å². The van der Waals surface area contributed by atoms with Crippen LogP contribution in [0.1, 0.15) is 16.7 Å². The first-order valence-electron chi connectivity index (χ1n) is 8.61. The molecule has 0 spiro atoms. The maximum Gasteiger partial charge on any atom is 0.249 e. The summed E-state index contributed by atoms with van der Waals surface area (Å²) in [4.78, 5) is 26.5. The molecule has 5 nitrogen and oxygen atoms in total. The number of hydrogen-bond acceptors (Lipinski definition) is 3. The molecule has 1 saturated heterocycles. The van der Waals surface area contributed by atoms with Gasteiger partial charge in [0.25, 0.3) is 0 Å². The number of morpholine rings is 1. The Bertz CT molecular complexity index is 816. The Morgan fingerprint density at radius 2 is 1.93 bits per heavy atom. The molecule has 1 unspecified atom stereocenters. The Labute approximate surface area is 162 Å². The number of halogens is 2. The summed E-state index contributed by atoms with van der Waals surface area (Å²) in [5.74, 6) is -0.566. The number of ether oxygens (including phenoxy) is 1. The second kappa shape index (κ2) is 8.97. The molecule has 1 aliphatic heterocycles. The van der Waals surface area contributed by atoms with Crippen molar-refractivity contribution in [2.24, 2.45) is 0 Å².